The predicted octanol–water partition coefficient (Wildman–Crippen LogP) is 2.30. The Labute approximate surface area is 146 Å². The Kier molecular flexibility index (Phi) is 5.63. The topological polar surface area (TPSA) is 60.2 Å². The van der Waals surface area contributed by atoms with Crippen LogP contribution in [0.25, 0.3) is 0 Å². The van der Waals surface area contributed by atoms with Crippen LogP contribution in [0.4, 0.5) is 4.39 Å². The normalized spacial score (nSPS) is 17.5. The number of piperidine rings is 1. The van der Waals surface area contributed by atoms with Gasteiger partial charge in [-0.15, -0.1) is 10.2 Å². The molecule has 1 atom stereocenters. The molecular formula is C18H23FN4O2. The SMILES string of the molecule is CCn1cnnc1CC1CCCN(C(=O)COc2ccc(F)cc2)C1. The van der Waals surface area contributed by atoms with E-state index in [1.165, 1.54) is 24.3 Å². The second-order valence-corrected chi connectivity index (χ2v) is 6.33. The lowest BCUT2D eigenvalue weighted by Gasteiger charge is -2.32. The van der Waals surface area contributed by atoms with E-state index in [0.717, 1.165) is 38.2 Å². The smallest absolute Gasteiger partial charge is 0.260 e. The summed E-state index contributed by atoms with van der Waals surface area (Å²) in [6.07, 6.45) is 4.64. The van der Waals surface area contributed by atoms with Crippen LogP contribution in [0.15, 0.2) is 30.6 Å². The molecule has 6 nitrogen and oxygen atoms in total. The summed E-state index contributed by atoms with van der Waals surface area (Å²) in [6, 6.07) is 5.69. The van der Waals surface area contributed by atoms with E-state index in [0.29, 0.717) is 18.2 Å². The van der Waals surface area contributed by atoms with E-state index in [-0.39, 0.29) is 18.3 Å². The molecule has 0 radical (unpaired) electrons. The summed E-state index contributed by atoms with van der Waals surface area (Å²) in [7, 11) is 0. The fourth-order valence-corrected chi connectivity index (χ4v) is 3.18. The van der Waals surface area contributed by atoms with Gasteiger partial charge < -0.3 is 14.2 Å². The number of benzene rings is 1. The van der Waals surface area contributed by atoms with Crippen molar-refractivity contribution in [2.75, 3.05) is 19.7 Å². The molecule has 2 heterocycles. The molecule has 0 aliphatic carbocycles. The van der Waals surface area contributed by atoms with E-state index in [1.807, 2.05) is 9.47 Å². The summed E-state index contributed by atoms with van der Waals surface area (Å²) in [4.78, 5) is 14.3. The number of aromatic nitrogens is 3. The van der Waals surface area contributed by atoms with Gasteiger partial charge in [0.05, 0.1) is 0 Å². The van der Waals surface area contributed by atoms with Gasteiger partial charge in [-0.2, -0.15) is 0 Å². The number of likely N-dealkylation sites (tertiary alicyclic amines) is 1. The van der Waals surface area contributed by atoms with Crippen molar-refractivity contribution < 1.29 is 13.9 Å². The zero-order chi connectivity index (χ0) is 17.6. The predicted molar refractivity (Wildman–Crippen MR) is 90.6 cm³/mol. The van der Waals surface area contributed by atoms with Crippen LogP contribution in [-0.2, 0) is 17.8 Å². The Balaban J connectivity index is 1.51. The minimum atomic E-state index is -0.322. The van der Waals surface area contributed by atoms with Crippen molar-refractivity contribution in [2.24, 2.45) is 5.92 Å². The highest BCUT2D eigenvalue weighted by Crippen LogP contribution is 2.20. The molecule has 1 aromatic carbocycles. The third-order valence-electron chi connectivity index (χ3n) is 4.56. The quantitative estimate of drug-likeness (QED) is 0.805. The van der Waals surface area contributed by atoms with Crippen LogP contribution in [0.3, 0.4) is 0 Å². The molecule has 1 aliphatic heterocycles. The van der Waals surface area contributed by atoms with Crippen LogP contribution in [0.1, 0.15) is 25.6 Å². The second kappa shape index (κ2) is 8.09. The highest BCUT2D eigenvalue weighted by Gasteiger charge is 2.25. The monoisotopic (exact) mass is 346 g/mol. The Morgan fingerprint density at radius 1 is 1.36 bits per heavy atom. The molecule has 1 unspecified atom stereocenters. The van der Waals surface area contributed by atoms with E-state index in [1.54, 1.807) is 6.33 Å². The average molecular weight is 346 g/mol. The molecule has 0 bridgehead atoms. The Morgan fingerprint density at radius 3 is 2.92 bits per heavy atom. The number of nitrogens with zero attached hydrogens (tertiary/aromatic N) is 4. The van der Waals surface area contributed by atoms with E-state index in [4.69, 9.17) is 4.74 Å². The third-order valence-corrected chi connectivity index (χ3v) is 4.56. The minimum Gasteiger partial charge on any atom is -0.484 e. The number of halogens is 1. The first-order chi connectivity index (χ1) is 12.2. The van der Waals surface area contributed by atoms with Gasteiger partial charge in [-0.3, -0.25) is 4.79 Å². The van der Waals surface area contributed by atoms with Gasteiger partial charge in [0.25, 0.3) is 5.91 Å². The number of hydrogen-bond acceptors (Lipinski definition) is 4. The summed E-state index contributed by atoms with van der Waals surface area (Å²) in [5.74, 6) is 1.50. The third kappa shape index (κ3) is 4.55. The highest BCUT2D eigenvalue weighted by atomic mass is 19.1. The first kappa shape index (κ1) is 17.4. The van der Waals surface area contributed by atoms with Gasteiger partial charge in [0.15, 0.2) is 6.61 Å². The van der Waals surface area contributed by atoms with Crippen LogP contribution in [0.2, 0.25) is 0 Å². The number of carbonyl (C=O) groups excluding carboxylic acids is 1. The van der Waals surface area contributed by atoms with Gasteiger partial charge in [0, 0.05) is 26.1 Å². The van der Waals surface area contributed by atoms with Gasteiger partial charge in [-0.1, -0.05) is 0 Å². The van der Waals surface area contributed by atoms with E-state index >= 15 is 0 Å². The van der Waals surface area contributed by atoms with E-state index in [2.05, 4.69) is 17.1 Å². The average Bonchev–Trinajstić information content (AvgIpc) is 3.08. The summed E-state index contributed by atoms with van der Waals surface area (Å²) in [5, 5.41) is 8.16. The standard InChI is InChI=1S/C18H23FN4O2/c1-2-22-13-20-21-17(22)10-14-4-3-9-23(11-14)18(24)12-25-16-7-5-15(19)6-8-16/h5-8,13-14H,2-4,9-12H2,1H3. The summed E-state index contributed by atoms with van der Waals surface area (Å²) >= 11 is 0. The molecule has 2 aromatic rings. The molecule has 7 heteroatoms. The lowest BCUT2D eigenvalue weighted by molar-refractivity contribution is -0.135. The van der Waals surface area contributed by atoms with Gasteiger partial charge in [-0.25, -0.2) is 4.39 Å². The number of aryl methyl sites for hydroxylation is 1. The largest absolute Gasteiger partial charge is 0.484 e. The zero-order valence-electron chi connectivity index (χ0n) is 14.4. The molecule has 134 valence electrons. The maximum absolute atomic E-state index is 12.9. The second-order valence-electron chi connectivity index (χ2n) is 6.33. The van der Waals surface area contributed by atoms with Gasteiger partial charge in [0.2, 0.25) is 0 Å². The summed E-state index contributed by atoms with van der Waals surface area (Å²) < 4.78 is 20.4. The molecule has 1 fully saturated rings. The number of amides is 1. The van der Waals surface area contributed by atoms with Crippen molar-refractivity contribution in [1.29, 1.82) is 0 Å². The number of rotatable bonds is 6. The van der Waals surface area contributed by atoms with Crippen molar-refractivity contribution in [3.8, 4) is 5.75 Å². The molecule has 1 amide bonds. The fraction of sp³-hybridized carbons (Fsp3) is 0.500. The summed E-state index contributed by atoms with van der Waals surface area (Å²) in [5.41, 5.74) is 0. The van der Waals surface area contributed by atoms with Crippen LogP contribution in [0.5, 0.6) is 5.75 Å². The molecule has 1 aromatic heterocycles. The maximum Gasteiger partial charge on any atom is 0.260 e. The molecule has 0 saturated carbocycles. The van der Waals surface area contributed by atoms with Gasteiger partial charge in [0.1, 0.15) is 23.7 Å². The highest BCUT2D eigenvalue weighted by molar-refractivity contribution is 5.77. The van der Waals surface area contributed by atoms with Gasteiger partial charge >= 0.3 is 0 Å². The van der Waals surface area contributed by atoms with Crippen LogP contribution < -0.4 is 4.74 Å². The van der Waals surface area contributed by atoms with Crippen molar-refractivity contribution in [1.82, 2.24) is 19.7 Å². The molecule has 3 rings (SSSR count). The molecule has 1 aliphatic rings. The number of ether oxygens (including phenoxy) is 1. The molecule has 0 N–H and O–H groups in total. The number of hydrogen-bond donors (Lipinski definition) is 0. The van der Waals surface area contributed by atoms with Crippen LogP contribution in [0, 0.1) is 11.7 Å². The van der Waals surface area contributed by atoms with E-state index < -0.39 is 0 Å². The Morgan fingerprint density at radius 2 is 2.16 bits per heavy atom. The minimum absolute atomic E-state index is 0.0243. The number of carbonyl (C=O) groups is 1. The summed E-state index contributed by atoms with van der Waals surface area (Å²) in [6.45, 7) is 4.35. The molecule has 0 spiro atoms. The Hall–Kier alpha value is -2.44. The van der Waals surface area contributed by atoms with Crippen molar-refractivity contribution in [3.05, 3.63) is 42.2 Å². The van der Waals surface area contributed by atoms with Crippen molar-refractivity contribution in [3.63, 3.8) is 0 Å². The first-order valence-corrected chi connectivity index (χ1v) is 8.68. The molecule has 1 saturated heterocycles. The maximum atomic E-state index is 12.9. The Bertz CT molecular complexity index is 701. The van der Waals surface area contributed by atoms with Crippen LogP contribution >= 0.6 is 0 Å². The van der Waals surface area contributed by atoms with Gasteiger partial charge in [-0.05, 0) is 49.9 Å². The zero-order valence-corrected chi connectivity index (χ0v) is 14.4. The van der Waals surface area contributed by atoms with Crippen molar-refractivity contribution >= 4 is 5.91 Å². The molecular weight excluding hydrogens is 323 g/mol. The first-order valence-electron chi connectivity index (χ1n) is 8.68. The van der Waals surface area contributed by atoms with E-state index in [9.17, 15) is 9.18 Å². The lowest BCUT2D eigenvalue weighted by Crippen LogP contribution is -2.43. The fourth-order valence-electron chi connectivity index (χ4n) is 3.18. The van der Waals surface area contributed by atoms with Crippen molar-refractivity contribution in [2.45, 2.75) is 32.7 Å². The van der Waals surface area contributed by atoms with Crippen LogP contribution in [-0.4, -0.2) is 45.3 Å². The molecule has 25 heavy (non-hydrogen) atoms. The lowest BCUT2D eigenvalue weighted by atomic mass is 9.94.